The van der Waals surface area contributed by atoms with Gasteiger partial charge in [0, 0.05) is 18.0 Å². The van der Waals surface area contributed by atoms with Crippen LogP contribution < -0.4 is 4.74 Å². The summed E-state index contributed by atoms with van der Waals surface area (Å²) in [5.41, 5.74) is 1.50. The van der Waals surface area contributed by atoms with Crippen LogP contribution in [0.25, 0.3) is 16.5 Å². The SMILES string of the molecule is C=C(C(=O)OCC)c1c(C(=O)OC)c2cc(OC)ccc2n1C. The number of nitrogens with zero attached hydrogens (tertiary/aromatic N) is 1. The lowest BCUT2D eigenvalue weighted by Gasteiger charge is -2.09. The minimum atomic E-state index is -0.574. The number of rotatable bonds is 5. The molecule has 6 nitrogen and oxygen atoms in total. The third kappa shape index (κ3) is 2.79. The Morgan fingerprint density at radius 2 is 1.96 bits per heavy atom. The second-order valence-electron chi connectivity index (χ2n) is 4.86. The Balaban J connectivity index is 2.76. The number of hydrogen-bond donors (Lipinski definition) is 0. The molecule has 0 atom stereocenters. The Labute approximate surface area is 134 Å². The van der Waals surface area contributed by atoms with Crippen molar-refractivity contribution >= 4 is 28.4 Å². The van der Waals surface area contributed by atoms with E-state index in [-0.39, 0.29) is 17.7 Å². The molecule has 0 fully saturated rings. The molecule has 0 amide bonds. The van der Waals surface area contributed by atoms with Crippen LogP contribution in [-0.2, 0) is 21.3 Å². The van der Waals surface area contributed by atoms with Crippen molar-refractivity contribution in [2.45, 2.75) is 6.92 Å². The predicted molar refractivity (Wildman–Crippen MR) is 86.5 cm³/mol. The molecule has 0 unspecified atom stereocenters. The number of carbonyl (C=O) groups excluding carboxylic acids is 2. The number of benzene rings is 1. The average Bonchev–Trinajstić information content (AvgIpc) is 2.85. The molecule has 0 saturated carbocycles. The van der Waals surface area contributed by atoms with Gasteiger partial charge in [-0.05, 0) is 25.1 Å². The highest BCUT2D eigenvalue weighted by atomic mass is 16.5. The van der Waals surface area contributed by atoms with E-state index in [1.807, 2.05) is 6.07 Å². The number of methoxy groups -OCH3 is 2. The Morgan fingerprint density at radius 3 is 2.52 bits per heavy atom. The standard InChI is InChI=1S/C17H19NO5/c1-6-23-16(19)10(2)15-14(17(20)22-5)12-9-11(21-4)7-8-13(12)18(15)3/h7-9H,2,6H2,1,3-5H3. The van der Waals surface area contributed by atoms with E-state index < -0.39 is 11.9 Å². The maximum Gasteiger partial charge on any atom is 0.340 e. The number of ether oxygens (including phenoxy) is 3. The normalized spacial score (nSPS) is 10.4. The monoisotopic (exact) mass is 317 g/mol. The first-order valence-corrected chi connectivity index (χ1v) is 7.07. The van der Waals surface area contributed by atoms with Crippen LogP contribution in [0.1, 0.15) is 23.0 Å². The molecule has 0 bridgehead atoms. The molecular weight excluding hydrogens is 298 g/mol. The summed E-state index contributed by atoms with van der Waals surface area (Å²) in [5.74, 6) is -0.527. The number of aromatic nitrogens is 1. The summed E-state index contributed by atoms with van der Waals surface area (Å²) in [7, 11) is 4.58. The Kier molecular flexibility index (Phi) is 4.74. The van der Waals surface area contributed by atoms with Crippen molar-refractivity contribution in [2.24, 2.45) is 7.05 Å². The van der Waals surface area contributed by atoms with Crippen molar-refractivity contribution < 1.29 is 23.8 Å². The van der Waals surface area contributed by atoms with Gasteiger partial charge < -0.3 is 18.8 Å². The van der Waals surface area contributed by atoms with Crippen LogP contribution >= 0.6 is 0 Å². The summed E-state index contributed by atoms with van der Waals surface area (Å²) in [6.07, 6.45) is 0. The molecule has 0 aliphatic heterocycles. The first kappa shape index (κ1) is 16.6. The van der Waals surface area contributed by atoms with Crippen LogP contribution in [-0.4, -0.2) is 37.3 Å². The van der Waals surface area contributed by atoms with Crippen molar-refractivity contribution in [1.82, 2.24) is 4.57 Å². The minimum absolute atomic E-state index is 0.102. The van der Waals surface area contributed by atoms with Gasteiger partial charge in [-0.2, -0.15) is 0 Å². The van der Waals surface area contributed by atoms with Crippen molar-refractivity contribution in [3.8, 4) is 5.75 Å². The maximum atomic E-state index is 12.3. The highest BCUT2D eigenvalue weighted by Gasteiger charge is 2.27. The fourth-order valence-electron chi connectivity index (χ4n) is 2.53. The zero-order valence-corrected chi connectivity index (χ0v) is 13.6. The molecule has 1 aromatic carbocycles. The topological polar surface area (TPSA) is 66.8 Å². The largest absolute Gasteiger partial charge is 0.497 e. The summed E-state index contributed by atoms with van der Waals surface area (Å²) in [6.45, 7) is 5.72. The van der Waals surface area contributed by atoms with E-state index in [1.54, 1.807) is 37.8 Å². The Morgan fingerprint density at radius 1 is 1.26 bits per heavy atom. The average molecular weight is 317 g/mol. The first-order valence-electron chi connectivity index (χ1n) is 7.07. The molecule has 6 heteroatoms. The molecular formula is C17H19NO5. The van der Waals surface area contributed by atoms with Gasteiger partial charge in [0.2, 0.25) is 0 Å². The molecule has 23 heavy (non-hydrogen) atoms. The van der Waals surface area contributed by atoms with E-state index in [0.29, 0.717) is 16.8 Å². The lowest BCUT2D eigenvalue weighted by Crippen LogP contribution is -2.13. The molecule has 0 aliphatic carbocycles. The van der Waals surface area contributed by atoms with E-state index >= 15 is 0 Å². The van der Waals surface area contributed by atoms with Crippen LogP contribution in [0.4, 0.5) is 0 Å². The molecule has 1 aromatic heterocycles. The molecule has 0 spiro atoms. The van der Waals surface area contributed by atoms with Crippen molar-refractivity contribution in [2.75, 3.05) is 20.8 Å². The maximum absolute atomic E-state index is 12.3. The summed E-state index contributed by atoms with van der Waals surface area (Å²) in [4.78, 5) is 24.3. The highest BCUT2D eigenvalue weighted by Crippen LogP contribution is 2.33. The Hall–Kier alpha value is -2.76. The molecule has 2 rings (SSSR count). The fourth-order valence-corrected chi connectivity index (χ4v) is 2.53. The summed E-state index contributed by atoms with van der Waals surface area (Å²) in [6, 6.07) is 5.31. The van der Waals surface area contributed by atoms with Gasteiger partial charge in [0.1, 0.15) is 5.75 Å². The highest BCUT2D eigenvalue weighted by molar-refractivity contribution is 6.21. The molecule has 1 heterocycles. The van der Waals surface area contributed by atoms with Crippen LogP contribution in [0.2, 0.25) is 0 Å². The number of carbonyl (C=O) groups is 2. The molecule has 2 aromatic rings. The van der Waals surface area contributed by atoms with E-state index in [1.165, 1.54) is 7.11 Å². The third-order valence-electron chi connectivity index (χ3n) is 3.60. The van der Waals surface area contributed by atoms with Crippen molar-refractivity contribution in [3.05, 3.63) is 36.0 Å². The molecule has 0 aliphatic rings. The third-order valence-corrected chi connectivity index (χ3v) is 3.60. The molecule has 122 valence electrons. The number of esters is 2. The van der Waals surface area contributed by atoms with Crippen molar-refractivity contribution in [1.29, 1.82) is 0 Å². The van der Waals surface area contributed by atoms with Crippen molar-refractivity contribution in [3.63, 3.8) is 0 Å². The van der Waals surface area contributed by atoms with Crippen LogP contribution in [0.3, 0.4) is 0 Å². The van der Waals surface area contributed by atoms with Gasteiger partial charge >= 0.3 is 11.9 Å². The predicted octanol–water partition coefficient (Wildman–Crippen LogP) is 2.55. The summed E-state index contributed by atoms with van der Waals surface area (Å²) >= 11 is 0. The second-order valence-corrected chi connectivity index (χ2v) is 4.86. The van der Waals surface area contributed by atoms with Gasteiger partial charge in [0.05, 0.1) is 37.7 Å². The number of aryl methyl sites for hydroxylation is 1. The van der Waals surface area contributed by atoms with Gasteiger partial charge in [-0.1, -0.05) is 6.58 Å². The zero-order chi connectivity index (χ0) is 17.1. The van der Waals surface area contributed by atoms with Gasteiger partial charge in [0.25, 0.3) is 0 Å². The summed E-state index contributed by atoms with van der Waals surface area (Å²) < 4.78 is 16.8. The fraction of sp³-hybridized carbons (Fsp3) is 0.294. The van der Waals surface area contributed by atoms with Crippen LogP contribution in [0.5, 0.6) is 5.75 Å². The molecule has 0 saturated heterocycles. The van der Waals surface area contributed by atoms with Gasteiger partial charge in [-0.15, -0.1) is 0 Å². The Bertz CT molecular complexity index is 788. The number of hydrogen-bond acceptors (Lipinski definition) is 5. The van der Waals surface area contributed by atoms with Crippen LogP contribution in [0.15, 0.2) is 24.8 Å². The second kappa shape index (κ2) is 6.56. The summed E-state index contributed by atoms with van der Waals surface area (Å²) in [5, 5.41) is 0.624. The molecule has 0 N–H and O–H groups in total. The lowest BCUT2D eigenvalue weighted by molar-refractivity contribution is -0.136. The smallest absolute Gasteiger partial charge is 0.340 e. The quantitative estimate of drug-likeness (QED) is 0.626. The number of fused-ring (bicyclic) bond motifs is 1. The van der Waals surface area contributed by atoms with E-state index in [2.05, 4.69) is 6.58 Å². The lowest BCUT2D eigenvalue weighted by atomic mass is 10.1. The van der Waals surface area contributed by atoms with Gasteiger partial charge in [-0.25, -0.2) is 9.59 Å². The van der Waals surface area contributed by atoms with Gasteiger partial charge in [-0.3, -0.25) is 0 Å². The zero-order valence-electron chi connectivity index (χ0n) is 13.6. The van der Waals surface area contributed by atoms with E-state index in [4.69, 9.17) is 14.2 Å². The molecule has 0 radical (unpaired) electrons. The first-order chi connectivity index (χ1) is 11.0. The van der Waals surface area contributed by atoms with Crippen LogP contribution in [0, 0.1) is 0 Å². The van der Waals surface area contributed by atoms with E-state index in [0.717, 1.165) is 5.52 Å². The van der Waals surface area contributed by atoms with Gasteiger partial charge in [0.15, 0.2) is 0 Å². The minimum Gasteiger partial charge on any atom is -0.497 e. The van der Waals surface area contributed by atoms with E-state index in [9.17, 15) is 9.59 Å².